The number of nitrogens with zero attached hydrogens (tertiary/aromatic N) is 1. The number of nitrogens with one attached hydrogen (secondary N) is 1. The molecule has 0 unspecified atom stereocenters. The molecule has 1 aromatic heterocycles. The van der Waals surface area contributed by atoms with Gasteiger partial charge in [0.1, 0.15) is 0 Å². The van der Waals surface area contributed by atoms with Crippen LogP contribution in [0.25, 0.3) is 16.5 Å². The predicted octanol–water partition coefficient (Wildman–Crippen LogP) is 4.19. The smallest absolute Gasteiger partial charge is 0.0613 e. The molecule has 0 atom stereocenters. The van der Waals surface area contributed by atoms with Gasteiger partial charge in [0.05, 0.1) is 10.0 Å². The Labute approximate surface area is 116 Å². The van der Waals surface area contributed by atoms with Crippen LogP contribution in [0.1, 0.15) is 12.0 Å². The molecule has 0 fully saturated rings. The van der Waals surface area contributed by atoms with E-state index >= 15 is 0 Å². The van der Waals surface area contributed by atoms with Crippen LogP contribution >= 0.6 is 23.2 Å². The molecule has 0 saturated heterocycles. The maximum atomic E-state index is 6.11. The quantitative estimate of drug-likeness (QED) is 0.830. The molecule has 94 valence electrons. The number of likely N-dealkylation sites (N-methyl/N-ethyl adjacent to an activating group) is 1. The average molecular weight is 281 g/mol. The molecular weight excluding hydrogens is 267 g/mol. The third kappa shape index (κ3) is 2.05. The van der Waals surface area contributed by atoms with Gasteiger partial charge in [-0.25, -0.2) is 0 Å². The minimum absolute atomic E-state index is 0.593. The monoisotopic (exact) mass is 280 g/mol. The van der Waals surface area contributed by atoms with Crippen molar-refractivity contribution in [3.63, 3.8) is 0 Å². The van der Waals surface area contributed by atoms with Crippen LogP contribution in [0.4, 0.5) is 0 Å². The molecule has 2 nitrogen and oxygen atoms in total. The van der Waals surface area contributed by atoms with Crippen molar-refractivity contribution in [1.82, 2.24) is 9.88 Å². The van der Waals surface area contributed by atoms with E-state index in [1.54, 1.807) is 0 Å². The molecule has 0 amide bonds. The number of benzene rings is 1. The first-order valence-corrected chi connectivity index (χ1v) is 6.75. The molecule has 4 heteroatoms. The van der Waals surface area contributed by atoms with Crippen molar-refractivity contribution < 1.29 is 0 Å². The van der Waals surface area contributed by atoms with E-state index in [9.17, 15) is 0 Å². The molecule has 0 radical (unpaired) electrons. The van der Waals surface area contributed by atoms with Crippen LogP contribution in [0.3, 0.4) is 0 Å². The van der Waals surface area contributed by atoms with Crippen LogP contribution in [0.2, 0.25) is 10.0 Å². The van der Waals surface area contributed by atoms with Crippen LogP contribution in [0.5, 0.6) is 0 Å². The Balaban J connectivity index is 2.10. The van der Waals surface area contributed by atoms with Crippen LogP contribution in [0, 0.1) is 0 Å². The fraction of sp³-hybridized carbons (Fsp3) is 0.286. The Morgan fingerprint density at radius 3 is 2.72 bits per heavy atom. The number of halogens is 2. The minimum Gasteiger partial charge on any atom is -0.361 e. The second kappa shape index (κ2) is 4.61. The summed E-state index contributed by atoms with van der Waals surface area (Å²) in [6.07, 6.45) is 5.41. The molecule has 1 N–H and O–H groups in total. The second-order valence-electron chi connectivity index (χ2n) is 4.76. The number of H-pyrrole nitrogens is 1. The Kier molecular flexibility index (Phi) is 3.10. The molecule has 0 saturated carbocycles. The fourth-order valence-corrected chi connectivity index (χ4v) is 2.73. The first kappa shape index (κ1) is 12.1. The van der Waals surface area contributed by atoms with E-state index in [0.717, 1.165) is 30.4 Å². The molecule has 1 aromatic carbocycles. The van der Waals surface area contributed by atoms with Crippen LogP contribution in [-0.4, -0.2) is 30.0 Å². The number of rotatable bonds is 1. The highest BCUT2D eigenvalue weighted by Gasteiger charge is 2.14. The van der Waals surface area contributed by atoms with Crippen LogP contribution < -0.4 is 0 Å². The summed E-state index contributed by atoms with van der Waals surface area (Å²) in [6.45, 7) is 2.10. The number of fused-ring (bicyclic) bond motifs is 1. The average Bonchev–Trinajstić information content (AvgIpc) is 2.74. The van der Waals surface area contributed by atoms with Gasteiger partial charge in [0, 0.05) is 35.8 Å². The Morgan fingerprint density at radius 1 is 1.22 bits per heavy atom. The van der Waals surface area contributed by atoms with Crippen molar-refractivity contribution in [2.45, 2.75) is 6.42 Å². The van der Waals surface area contributed by atoms with Gasteiger partial charge in [0.2, 0.25) is 0 Å². The Hall–Kier alpha value is -0.960. The van der Waals surface area contributed by atoms with Gasteiger partial charge in [-0.2, -0.15) is 0 Å². The summed E-state index contributed by atoms with van der Waals surface area (Å²) in [5.41, 5.74) is 3.67. The van der Waals surface area contributed by atoms with Gasteiger partial charge < -0.3 is 9.88 Å². The number of hydrogen-bond donors (Lipinski definition) is 1. The summed E-state index contributed by atoms with van der Waals surface area (Å²) < 4.78 is 0. The molecule has 2 heterocycles. The van der Waals surface area contributed by atoms with Crippen molar-refractivity contribution in [3.8, 4) is 0 Å². The molecule has 3 rings (SSSR count). The van der Waals surface area contributed by atoms with Gasteiger partial charge in [-0.3, -0.25) is 0 Å². The molecule has 0 bridgehead atoms. The fourth-order valence-electron chi connectivity index (χ4n) is 2.40. The zero-order valence-electron chi connectivity index (χ0n) is 10.1. The van der Waals surface area contributed by atoms with Crippen molar-refractivity contribution in [1.29, 1.82) is 0 Å². The van der Waals surface area contributed by atoms with Gasteiger partial charge in [0.15, 0.2) is 0 Å². The maximum Gasteiger partial charge on any atom is 0.0613 e. The summed E-state index contributed by atoms with van der Waals surface area (Å²) in [7, 11) is 2.14. The highest BCUT2D eigenvalue weighted by molar-refractivity contribution is 6.42. The first-order valence-electron chi connectivity index (χ1n) is 5.99. The van der Waals surface area contributed by atoms with Crippen molar-refractivity contribution in [3.05, 3.63) is 40.0 Å². The van der Waals surface area contributed by atoms with E-state index in [1.165, 1.54) is 11.1 Å². The molecule has 1 aliphatic heterocycles. The summed E-state index contributed by atoms with van der Waals surface area (Å²) in [6, 6.07) is 3.84. The Bertz CT molecular complexity index is 628. The first-order chi connectivity index (χ1) is 8.65. The largest absolute Gasteiger partial charge is 0.361 e. The van der Waals surface area contributed by atoms with E-state index < -0.39 is 0 Å². The summed E-state index contributed by atoms with van der Waals surface area (Å²) in [5.74, 6) is 0. The van der Waals surface area contributed by atoms with E-state index in [1.807, 2.05) is 12.1 Å². The highest BCUT2D eigenvalue weighted by atomic mass is 35.5. The topological polar surface area (TPSA) is 19.0 Å². The lowest BCUT2D eigenvalue weighted by molar-refractivity contribution is 0.370. The van der Waals surface area contributed by atoms with Gasteiger partial charge in [0.25, 0.3) is 0 Å². The lowest BCUT2D eigenvalue weighted by Gasteiger charge is -2.21. The summed E-state index contributed by atoms with van der Waals surface area (Å²) in [5, 5.41) is 2.36. The molecule has 18 heavy (non-hydrogen) atoms. The standard InChI is InChI=1S/C14H14Cl2N2/c1-18-4-2-9(3-5-18)11-8-17-14-7-13(16)12(15)6-10(11)14/h2,6-8,17H,3-5H2,1H3. The zero-order chi connectivity index (χ0) is 12.7. The third-order valence-corrected chi connectivity index (χ3v) is 4.20. The molecule has 2 aromatic rings. The Morgan fingerprint density at radius 2 is 2.00 bits per heavy atom. The van der Waals surface area contributed by atoms with E-state index in [0.29, 0.717) is 10.0 Å². The molecule has 1 aliphatic rings. The molecule has 0 spiro atoms. The SMILES string of the molecule is CN1CC=C(c2c[nH]c3cc(Cl)c(Cl)cc23)CC1. The van der Waals surface area contributed by atoms with Gasteiger partial charge >= 0.3 is 0 Å². The lowest BCUT2D eigenvalue weighted by atomic mass is 9.99. The highest BCUT2D eigenvalue weighted by Crippen LogP contribution is 2.33. The second-order valence-corrected chi connectivity index (χ2v) is 5.57. The lowest BCUT2D eigenvalue weighted by Crippen LogP contribution is -2.23. The van der Waals surface area contributed by atoms with Crippen molar-refractivity contribution >= 4 is 39.7 Å². The summed E-state index contributed by atoms with van der Waals surface area (Å²) in [4.78, 5) is 5.57. The van der Waals surface area contributed by atoms with Gasteiger partial charge in [-0.1, -0.05) is 29.3 Å². The number of hydrogen-bond acceptors (Lipinski definition) is 1. The van der Waals surface area contributed by atoms with E-state index in [2.05, 4.69) is 29.2 Å². The summed E-state index contributed by atoms with van der Waals surface area (Å²) >= 11 is 12.1. The third-order valence-electron chi connectivity index (χ3n) is 3.48. The van der Waals surface area contributed by atoms with E-state index in [4.69, 9.17) is 23.2 Å². The zero-order valence-corrected chi connectivity index (χ0v) is 11.6. The van der Waals surface area contributed by atoms with E-state index in [-0.39, 0.29) is 0 Å². The van der Waals surface area contributed by atoms with Crippen molar-refractivity contribution in [2.75, 3.05) is 20.1 Å². The minimum atomic E-state index is 0.593. The normalized spacial score (nSPS) is 17.2. The van der Waals surface area contributed by atoms with Crippen LogP contribution in [-0.2, 0) is 0 Å². The molecule has 0 aliphatic carbocycles. The number of aromatic amines is 1. The van der Waals surface area contributed by atoms with Gasteiger partial charge in [-0.05, 0) is 31.2 Å². The number of aromatic nitrogens is 1. The maximum absolute atomic E-state index is 6.11. The predicted molar refractivity (Wildman–Crippen MR) is 78.4 cm³/mol. The van der Waals surface area contributed by atoms with Crippen LogP contribution in [0.15, 0.2) is 24.4 Å². The van der Waals surface area contributed by atoms with Crippen molar-refractivity contribution in [2.24, 2.45) is 0 Å². The molecular formula is C14H14Cl2N2. The van der Waals surface area contributed by atoms with Gasteiger partial charge in [-0.15, -0.1) is 0 Å².